The summed E-state index contributed by atoms with van der Waals surface area (Å²) < 4.78 is 5.49. The highest BCUT2D eigenvalue weighted by Crippen LogP contribution is 2.42. The molecule has 2 aliphatic rings. The predicted octanol–water partition coefficient (Wildman–Crippen LogP) is 0.685. The Kier molecular flexibility index (Phi) is 5.01. The molecular weight excluding hydrogens is 226 g/mol. The van der Waals surface area contributed by atoms with E-state index in [9.17, 15) is 0 Å². The fourth-order valence-corrected chi connectivity index (χ4v) is 3.15. The van der Waals surface area contributed by atoms with E-state index >= 15 is 0 Å². The van der Waals surface area contributed by atoms with Gasteiger partial charge < -0.3 is 20.3 Å². The fourth-order valence-electron chi connectivity index (χ4n) is 3.15. The number of nitrogens with one attached hydrogen (secondary N) is 2. The number of hydrogen-bond acceptors (Lipinski definition) is 4. The highest BCUT2D eigenvalue weighted by atomic mass is 16.5. The van der Waals surface area contributed by atoms with E-state index in [0.29, 0.717) is 12.1 Å². The van der Waals surface area contributed by atoms with E-state index in [1.54, 1.807) is 0 Å². The summed E-state index contributed by atoms with van der Waals surface area (Å²) in [4.78, 5) is 2.56. The lowest BCUT2D eigenvalue weighted by molar-refractivity contribution is -0.0975. The summed E-state index contributed by atoms with van der Waals surface area (Å²) in [5.74, 6) is 0. The van der Waals surface area contributed by atoms with Crippen LogP contribution in [0.2, 0.25) is 0 Å². The van der Waals surface area contributed by atoms with Gasteiger partial charge in [-0.05, 0) is 25.9 Å². The smallest absolute Gasteiger partial charge is 0.0652 e. The molecule has 18 heavy (non-hydrogen) atoms. The summed E-state index contributed by atoms with van der Waals surface area (Å²) in [7, 11) is 1.83. The van der Waals surface area contributed by atoms with E-state index in [2.05, 4.69) is 29.4 Å². The lowest BCUT2D eigenvalue weighted by atomic mass is 9.64. The molecule has 0 aromatic rings. The Morgan fingerprint density at radius 3 is 2.89 bits per heavy atom. The quantitative estimate of drug-likeness (QED) is 0.758. The second-order valence-electron chi connectivity index (χ2n) is 6.23. The molecule has 1 saturated heterocycles. The molecule has 0 radical (unpaired) electrons. The average Bonchev–Trinajstić information content (AvgIpc) is 2.61. The Bertz CT molecular complexity index is 249. The Balaban J connectivity index is 1.64. The molecule has 1 saturated carbocycles. The largest absolute Gasteiger partial charge is 0.381 e. The maximum Gasteiger partial charge on any atom is 0.0652 e. The van der Waals surface area contributed by atoms with Crippen molar-refractivity contribution in [2.75, 3.05) is 46.4 Å². The van der Waals surface area contributed by atoms with Gasteiger partial charge in [0.05, 0.1) is 6.10 Å². The number of rotatable bonds is 5. The van der Waals surface area contributed by atoms with Gasteiger partial charge in [-0.15, -0.1) is 0 Å². The van der Waals surface area contributed by atoms with Gasteiger partial charge in [0, 0.05) is 44.7 Å². The van der Waals surface area contributed by atoms with Crippen molar-refractivity contribution in [3.8, 4) is 0 Å². The zero-order valence-electron chi connectivity index (χ0n) is 12.2. The molecule has 0 aromatic heterocycles. The monoisotopic (exact) mass is 255 g/mol. The van der Waals surface area contributed by atoms with Crippen LogP contribution in [0.4, 0.5) is 0 Å². The molecular formula is C14H29N3O. The zero-order chi connectivity index (χ0) is 13.0. The van der Waals surface area contributed by atoms with Crippen molar-refractivity contribution in [2.24, 2.45) is 5.41 Å². The summed E-state index contributed by atoms with van der Waals surface area (Å²) in [6.07, 6.45) is 2.86. The third-order valence-corrected chi connectivity index (χ3v) is 4.71. The number of nitrogens with zero attached hydrogens (tertiary/aromatic N) is 1. The second-order valence-corrected chi connectivity index (χ2v) is 6.23. The minimum atomic E-state index is 0.287. The van der Waals surface area contributed by atoms with Gasteiger partial charge in [0.25, 0.3) is 0 Å². The third kappa shape index (κ3) is 3.23. The summed E-state index contributed by atoms with van der Waals surface area (Å²) in [6, 6.07) is 0.618. The van der Waals surface area contributed by atoms with Crippen LogP contribution in [0.15, 0.2) is 0 Å². The molecule has 1 heterocycles. The molecule has 4 heteroatoms. The topological polar surface area (TPSA) is 36.5 Å². The highest BCUT2D eigenvalue weighted by molar-refractivity contribution is 5.02. The van der Waals surface area contributed by atoms with Crippen LogP contribution in [-0.2, 0) is 4.74 Å². The molecule has 2 fully saturated rings. The van der Waals surface area contributed by atoms with Crippen molar-refractivity contribution in [3.63, 3.8) is 0 Å². The van der Waals surface area contributed by atoms with Gasteiger partial charge in [0.15, 0.2) is 0 Å². The second kappa shape index (κ2) is 6.33. The first kappa shape index (κ1) is 14.3. The van der Waals surface area contributed by atoms with Crippen molar-refractivity contribution in [1.82, 2.24) is 15.5 Å². The van der Waals surface area contributed by atoms with Crippen LogP contribution in [0.5, 0.6) is 0 Å². The van der Waals surface area contributed by atoms with Crippen molar-refractivity contribution >= 4 is 0 Å². The normalized spacial score (nSPS) is 32.8. The number of ether oxygens (including phenoxy) is 1. The van der Waals surface area contributed by atoms with Crippen LogP contribution in [-0.4, -0.2) is 63.4 Å². The van der Waals surface area contributed by atoms with E-state index < -0.39 is 0 Å². The molecule has 0 amide bonds. The molecule has 1 aliphatic carbocycles. The standard InChI is InChI=1S/C14H29N3O/c1-14(2)12(11-13(14)18-3)16-7-10-17-8-4-5-15-6-9-17/h12-13,15-16H,4-11H2,1-3H3. The van der Waals surface area contributed by atoms with Gasteiger partial charge in [0.2, 0.25) is 0 Å². The van der Waals surface area contributed by atoms with E-state index in [1.807, 2.05) is 7.11 Å². The van der Waals surface area contributed by atoms with E-state index in [1.165, 1.54) is 32.6 Å². The summed E-state index contributed by atoms with van der Waals surface area (Å²) >= 11 is 0. The molecule has 4 nitrogen and oxygen atoms in total. The summed E-state index contributed by atoms with van der Waals surface area (Å²) in [5.41, 5.74) is 0.287. The van der Waals surface area contributed by atoms with E-state index in [0.717, 1.165) is 19.5 Å². The Morgan fingerprint density at radius 1 is 1.33 bits per heavy atom. The SMILES string of the molecule is COC1CC(NCCN2CCCNCC2)C1(C)C. The molecule has 0 bridgehead atoms. The Morgan fingerprint density at radius 2 is 2.17 bits per heavy atom. The third-order valence-electron chi connectivity index (χ3n) is 4.71. The Hall–Kier alpha value is -0.160. The van der Waals surface area contributed by atoms with Gasteiger partial charge >= 0.3 is 0 Å². The lowest BCUT2D eigenvalue weighted by Gasteiger charge is -2.51. The van der Waals surface area contributed by atoms with E-state index in [-0.39, 0.29) is 5.41 Å². The lowest BCUT2D eigenvalue weighted by Crippen LogP contribution is -2.61. The molecule has 0 aromatic carbocycles. The van der Waals surface area contributed by atoms with Gasteiger partial charge in [-0.2, -0.15) is 0 Å². The van der Waals surface area contributed by atoms with Gasteiger partial charge in [-0.25, -0.2) is 0 Å². The minimum Gasteiger partial charge on any atom is -0.381 e. The van der Waals surface area contributed by atoms with Crippen molar-refractivity contribution < 1.29 is 4.74 Å². The predicted molar refractivity (Wildman–Crippen MR) is 74.9 cm³/mol. The van der Waals surface area contributed by atoms with Gasteiger partial charge in [-0.3, -0.25) is 0 Å². The van der Waals surface area contributed by atoms with Gasteiger partial charge in [-0.1, -0.05) is 13.8 Å². The first-order chi connectivity index (χ1) is 8.64. The van der Waals surface area contributed by atoms with Crippen molar-refractivity contribution in [3.05, 3.63) is 0 Å². The van der Waals surface area contributed by atoms with Crippen LogP contribution < -0.4 is 10.6 Å². The van der Waals surface area contributed by atoms with E-state index in [4.69, 9.17) is 4.74 Å². The maximum atomic E-state index is 5.49. The van der Waals surface area contributed by atoms with Crippen LogP contribution in [0, 0.1) is 5.41 Å². The average molecular weight is 255 g/mol. The first-order valence-electron chi connectivity index (χ1n) is 7.34. The molecule has 1 aliphatic heterocycles. The molecule has 2 N–H and O–H groups in total. The van der Waals surface area contributed by atoms with Crippen LogP contribution in [0.3, 0.4) is 0 Å². The zero-order valence-corrected chi connectivity index (χ0v) is 12.2. The molecule has 2 rings (SSSR count). The van der Waals surface area contributed by atoms with Crippen LogP contribution in [0.25, 0.3) is 0 Å². The van der Waals surface area contributed by atoms with Crippen molar-refractivity contribution in [1.29, 1.82) is 0 Å². The number of methoxy groups -OCH3 is 1. The molecule has 2 atom stereocenters. The maximum absolute atomic E-state index is 5.49. The minimum absolute atomic E-state index is 0.287. The van der Waals surface area contributed by atoms with Crippen LogP contribution >= 0.6 is 0 Å². The van der Waals surface area contributed by atoms with Crippen LogP contribution in [0.1, 0.15) is 26.7 Å². The molecule has 2 unspecified atom stereocenters. The Labute approximate surface area is 111 Å². The highest BCUT2D eigenvalue weighted by Gasteiger charge is 2.48. The first-order valence-corrected chi connectivity index (χ1v) is 7.34. The van der Waals surface area contributed by atoms with Gasteiger partial charge in [0.1, 0.15) is 0 Å². The summed E-state index contributed by atoms with van der Waals surface area (Å²) in [6.45, 7) is 11.6. The summed E-state index contributed by atoms with van der Waals surface area (Å²) in [5, 5.41) is 7.15. The fraction of sp³-hybridized carbons (Fsp3) is 1.00. The molecule has 0 spiro atoms. The van der Waals surface area contributed by atoms with Crippen molar-refractivity contribution in [2.45, 2.75) is 38.8 Å². The number of hydrogen-bond donors (Lipinski definition) is 2. The molecule has 106 valence electrons.